The van der Waals surface area contributed by atoms with Crippen molar-refractivity contribution in [1.29, 1.82) is 0 Å². The van der Waals surface area contributed by atoms with E-state index in [1.165, 1.54) is 0 Å². The van der Waals surface area contributed by atoms with Gasteiger partial charge in [0, 0.05) is 24.8 Å². The Morgan fingerprint density at radius 1 is 0.909 bits per heavy atom. The molecule has 2 aromatic rings. The van der Waals surface area contributed by atoms with Crippen molar-refractivity contribution in [2.45, 2.75) is 20.8 Å². The van der Waals surface area contributed by atoms with E-state index in [4.69, 9.17) is 0 Å². The molecule has 5 heteroatoms. The third kappa shape index (κ3) is 3.36. The Morgan fingerprint density at radius 3 is 2.18 bits per heavy atom. The molecule has 0 amide bonds. The van der Waals surface area contributed by atoms with Crippen LogP contribution in [0.2, 0.25) is 0 Å². The summed E-state index contributed by atoms with van der Waals surface area (Å²) in [5.74, 6) is 0.133. The maximum absolute atomic E-state index is 10.2. The maximum atomic E-state index is 10.2. The van der Waals surface area contributed by atoms with Crippen molar-refractivity contribution < 1.29 is 10.2 Å². The molecule has 0 aliphatic carbocycles. The number of anilines is 1. The molecule has 2 rings (SSSR count). The second kappa shape index (κ2) is 6.93. The van der Waals surface area contributed by atoms with E-state index in [9.17, 15) is 10.2 Å². The van der Waals surface area contributed by atoms with Gasteiger partial charge in [0.15, 0.2) is 0 Å². The number of hydrogen-bond acceptors (Lipinski definition) is 5. The lowest BCUT2D eigenvalue weighted by Crippen LogP contribution is -2.22. The fourth-order valence-corrected chi connectivity index (χ4v) is 2.31. The molecule has 0 saturated carbocycles. The van der Waals surface area contributed by atoms with Crippen LogP contribution >= 0.6 is 0 Å². The van der Waals surface area contributed by atoms with Gasteiger partial charge in [-0.15, -0.1) is 10.2 Å². The summed E-state index contributed by atoms with van der Waals surface area (Å²) in [6, 6.07) is 10.2. The predicted octanol–water partition coefficient (Wildman–Crippen LogP) is 4.67. The summed E-state index contributed by atoms with van der Waals surface area (Å²) in [7, 11) is 0. The smallest absolute Gasteiger partial charge is 0.145 e. The average Bonchev–Trinajstić information content (AvgIpc) is 2.51. The largest absolute Gasteiger partial charge is 0.506 e. The number of hydrogen-bond donors (Lipinski definition) is 2. The van der Waals surface area contributed by atoms with Gasteiger partial charge in [-0.3, -0.25) is 0 Å². The summed E-state index contributed by atoms with van der Waals surface area (Å²) in [4.78, 5) is 2.17. The normalized spacial score (nSPS) is 11.0. The summed E-state index contributed by atoms with van der Waals surface area (Å²) in [6.45, 7) is 7.87. The third-order valence-corrected chi connectivity index (χ3v) is 3.54. The Balaban J connectivity index is 2.34. The molecule has 0 spiro atoms. The number of aromatic hydroxyl groups is 2. The number of rotatable bonds is 5. The van der Waals surface area contributed by atoms with Crippen LogP contribution < -0.4 is 4.90 Å². The second-order valence-corrected chi connectivity index (χ2v) is 4.99. The lowest BCUT2D eigenvalue weighted by atomic mass is 10.1. The Labute approximate surface area is 130 Å². The van der Waals surface area contributed by atoms with Crippen LogP contribution in [-0.2, 0) is 0 Å². The van der Waals surface area contributed by atoms with Crippen molar-refractivity contribution in [1.82, 2.24) is 0 Å². The van der Waals surface area contributed by atoms with Crippen LogP contribution in [0.1, 0.15) is 19.4 Å². The van der Waals surface area contributed by atoms with Crippen LogP contribution in [0, 0.1) is 6.92 Å². The van der Waals surface area contributed by atoms with Gasteiger partial charge in [-0.05, 0) is 44.5 Å². The summed E-state index contributed by atoms with van der Waals surface area (Å²) in [5, 5.41) is 27.9. The monoisotopic (exact) mass is 299 g/mol. The van der Waals surface area contributed by atoms with E-state index in [0.29, 0.717) is 11.4 Å². The first-order valence-corrected chi connectivity index (χ1v) is 7.35. The van der Waals surface area contributed by atoms with Crippen molar-refractivity contribution >= 4 is 17.1 Å². The van der Waals surface area contributed by atoms with Crippen LogP contribution in [0.25, 0.3) is 0 Å². The van der Waals surface area contributed by atoms with Crippen molar-refractivity contribution in [3.63, 3.8) is 0 Å². The summed E-state index contributed by atoms with van der Waals surface area (Å²) >= 11 is 0. The molecule has 0 atom stereocenters. The molecule has 0 radical (unpaired) electrons. The van der Waals surface area contributed by atoms with Crippen molar-refractivity contribution in [2.24, 2.45) is 10.2 Å². The number of phenols is 2. The molecule has 0 heterocycles. The highest BCUT2D eigenvalue weighted by molar-refractivity contribution is 5.65. The molecule has 0 aromatic heterocycles. The van der Waals surface area contributed by atoms with Crippen LogP contribution in [0.5, 0.6) is 11.5 Å². The van der Waals surface area contributed by atoms with Gasteiger partial charge in [0.05, 0.1) is 0 Å². The minimum atomic E-state index is 0.0576. The standard InChI is InChI=1S/C17H21N3O2/c1-4-20(5-2)15-11-17(22)14(10-12(15)3)19-18-13-8-6-7-9-16(13)21/h6-11,21-22H,4-5H2,1-3H3/b19-18+. The SMILES string of the molecule is CCN(CC)c1cc(O)c(/N=N/c2ccccc2O)cc1C. The number of azo groups is 1. The van der Waals surface area contributed by atoms with E-state index < -0.39 is 0 Å². The van der Waals surface area contributed by atoms with E-state index in [0.717, 1.165) is 24.3 Å². The van der Waals surface area contributed by atoms with E-state index in [1.54, 1.807) is 36.4 Å². The molecule has 2 N–H and O–H groups in total. The van der Waals surface area contributed by atoms with E-state index >= 15 is 0 Å². The topological polar surface area (TPSA) is 68.4 Å². The van der Waals surface area contributed by atoms with Gasteiger partial charge in [-0.1, -0.05) is 12.1 Å². The zero-order valence-corrected chi connectivity index (χ0v) is 13.1. The minimum absolute atomic E-state index is 0.0576. The maximum Gasteiger partial charge on any atom is 0.145 e. The Morgan fingerprint density at radius 2 is 1.55 bits per heavy atom. The Kier molecular flexibility index (Phi) is 4.99. The van der Waals surface area contributed by atoms with Gasteiger partial charge < -0.3 is 15.1 Å². The lowest BCUT2D eigenvalue weighted by molar-refractivity contribution is 0.473. The first kappa shape index (κ1) is 15.8. The molecule has 116 valence electrons. The first-order chi connectivity index (χ1) is 10.6. The minimum Gasteiger partial charge on any atom is -0.506 e. The molecular formula is C17H21N3O2. The number of nitrogens with zero attached hydrogens (tertiary/aromatic N) is 3. The molecule has 5 nitrogen and oxygen atoms in total. The highest BCUT2D eigenvalue weighted by Crippen LogP contribution is 2.36. The summed E-state index contributed by atoms with van der Waals surface area (Å²) in [6.07, 6.45) is 0. The van der Waals surface area contributed by atoms with Gasteiger partial charge in [0.25, 0.3) is 0 Å². The predicted molar refractivity (Wildman–Crippen MR) is 88.7 cm³/mol. The van der Waals surface area contributed by atoms with Gasteiger partial charge in [-0.25, -0.2) is 0 Å². The van der Waals surface area contributed by atoms with Crippen molar-refractivity contribution in [3.8, 4) is 11.5 Å². The molecule has 0 saturated heterocycles. The highest BCUT2D eigenvalue weighted by Gasteiger charge is 2.10. The molecule has 0 aliphatic rings. The molecule has 0 aliphatic heterocycles. The van der Waals surface area contributed by atoms with Gasteiger partial charge in [0.2, 0.25) is 0 Å². The summed E-state index contributed by atoms with van der Waals surface area (Å²) in [5.41, 5.74) is 2.76. The molecule has 0 unspecified atom stereocenters. The molecule has 22 heavy (non-hydrogen) atoms. The molecule has 0 fully saturated rings. The second-order valence-electron chi connectivity index (χ2n) is 4.99. The number of para-hydroxylation sites is 1. The van der Waals surface area contributed by atoms with Crippen LogP contribution in [0.4, 0.5) is 17.1 Å². The van der Waals surface area contributed by atoms with Gasteiger partial charge in [-0.2, -0.15) is 0 Å². The van der Waals surface area contributed by atoms with Gasteiger partial charge >= 0.3 is 0 Å². The lowest BCUT2D eigenvalue weighted by Gasteiger charge is -2.23. The highest BCUT2D eigenvalue weighted by atomic mass is 16.3. The average molecular weight is 299 g/mol. The number of benzene rings is 2. The fourth-order valence-electron chi connectivity index (χ4n) is 2.31. The van der Waals surface area contributed by atoms with E-state index in [1.807, 2.05) is 6.92 Å². The molecular weight excluding hydrogens is 278 g/mol. The number of aryl methyl sites for hydroxylation is 1. The van der Waals surface area contributed by atoms with E-state index in [2.05, 4.69) is 29.0 Å². The Hall–Kier alpha value is -2.56. The molecule has 2 aromatic carbocycles. The zero-order chi connectivity index (χ0) is 16.1. The summed E-state index contributed by atoms with van der Waals surface area (Å²) < 4.78 is 0. The quantitative estimate of drug-likeness (QED) is 0.788. The van der Waals surface area contributed by atoms with Crippen LogP contribution in [0.3, 0.4) is 0 Å². The fraction of sp³-hybridized carbons (Fsp3) is 0.294. The molecule has 0 bridgehead atoms. The van der Waals surface area contributed by atoms with Crippen LogP contribution in [0.15, 0.2) is 46.6 Å². The Bertz CT molecular complexity index is 680. The van der Waals surface area contributed by atoms with Gasteiger partial charge in [0.1, 0.15) is 22.9 Å². The van der Waals surface area contributed by atoms with E-state index in [-0.39, 0.29) is 11.5 Å². The zero-order valence-electron chi connectivity index (χ0n) is 13.1. The van der Waals surface area contributed by atoms with Crippen molar-refractivity contribution in [2.75, 3.05) is 18.0 Å². The number of phenolic OH excluding ortho intramolecular Hbond substituents is 2. The van der Waals surface area contributed by atoms with Crippen LogP contribution in [-0.4, -0.2) is 23.3 Å². The third-order valence-electron chi connectivity index (χ3n) is 3.54. The van der Waals surface area contributed by atoms with Crippen molar-refractivity contribution in [3.05, 3.63) is 42.0 Å². The first-order valence-electron chi connectivity index (χ1n) is 7.35.